The van der Waals surface area contributed by atoms with E-state index in [1.165, 1.54) is 0 Å². The molecule has 166 valence electrons. The van der Waals surface area contributed by atoms with E-state index in [-0.39, 0.29) is 18.1 Å². The van der Waals surface area contributed by atoms with Crippen molar-refractivity contribution in [3.05, 3.63) is 65.2 Å². The lowest BCUT2D eigenvalue weighted by Crippen LogP contribution is -2.38. The van der Waals surface area contributed by atoms with Crippen LogP contribution in [0.25, 0.3) is 0 Å². The number of imide groups is 1. The molecule has 1 heterocycles. The van der Waals surface area contributed by atoms with Crippen molar-refractivity contribution >= 4 is 46.7 Å². The van der Waals surface area contributed by atoms with E-state index < -0.39 is 23.7 Å². The van der Waals surface area contributed by atoms with Gasteiger partial charge in [-0.25, -0.2) is 4.79 Å². The van der Waals surface area contributed by atoms with Gasteiger partial charge in [0, 0.05) is 18.7 Å². The monoisotopic (exact) mass is 453 g/mol. The lowest BCUT2D eigenvalue weighted by Gasteiger charge is -2.14. The van der Waals surface area contributed by atoms with E-state index in [0.717, 1.165) is 17.7 Å². The van der Waals surface area contributed by atoms with Gasteiger partial charge in [-0.2, -0.15) is 0 Å². The molecule has 0 fully saturated rings. The van der Waals surface area contributed by atoms with Crippen LogP contribution in [-0.4, -0.2) is 46.9 Å². The van der Waals surface area contributed by atoms with Crippen molar-refractivity contribution < 1.29 is 23.9 Å². The third-order valence-electron chi connectivity index (χ3n) is 4.80. The van der Waals surface area contributed by atoms with Crippen LogP contribution >= 0.6 is 12.2 Å². The maximum atomic E-state index is 12.3. The Balaban J connectivity index is 1.45. The van der Waals surface area contributed by atoms with E-state index in [1.807, 2.05) is 6.92 Å². The molecular weight excluding hydrogens is 430 g/mol. The minimum Gasteiger partial charge on any atom is -0.462 e. The standard InChI is InChI=1S/C23H23N3O5S/c1-2-3-14-31-22(30)15-8-10-16(11-9-15)24-23(32)25-19(27)12-13-26-20(28)17-6-4-5-7-18(17)21(26)29/h4-11H,2-3,12-14H2,1H3,(H2,24,25,27,32). The Bertz CT molecular complexity index is 1020. The molecule has 2 N–H and O–H groups in total. The number of ether oxygens (including phenoxy) is 1. The molecule has 2 aromatic rings. The lowest BCUT2D eigenvalue weighted by atomic mass is 10.1. The second-order valence-corrected chi connectivity index (χ2v) is 7.53. The fraction of sp³-hybridized carbons (Fsp3) is 0.261. The van der Waals surface area contributed by atoms with Crippen molar-refractivity contribution in [2.45, 2.75) is 26.2 Å². The average Bonchev–Trinajstić information content (AvgIpc) is 3.03. The van der Waals surface area contributed by atoms with Gasteiger partial charge in [0.15, 0.2) is 5.11 Å². The Labute approximate surface area is 190 Å². The number of thiocarbonyl (C=S) groups is 1. The van der Waals surface area contributed by atoms with Gasteiger partial charge in [0.1, 0.15) is 0 Å². The topological polar surface area (TPSA) is 105 Å². The van der Waals surface area contributed by atoms with E-state index in [2.05, 4.69) is 10.6 Å². The molecule has 0 saturated heterocycles. The van der Waals surface area contributed by atoms with E-state index in [0.29, 0.717) is 29.0 Å². The van der Waals surface area contributed by atoms with Crippen LogP contribution in [0.15, 0.2) is 48.5 Å². The molecule has 0 atom stereocenters. The summed E-state index contributed by atoms with van der Waals surface area (Å²) in [7, 11) is 0. The molecule has 0 saturated carbocycles. The number of fused-ring (bicyclic) bond motifs is 1. The second kappa shape index (κ2) is 10.6. The number of esters is 1. The van der Waals surface area contributed by atoms with Crippen LogP contribution in [0.2, 0.25) is 0 Å². The van der Waals surface area contributed by atoms with Gasteiger partial charge in [-0.3, -0.25) is 19.3 Å². The Morgan fingerprint density at radius 1 is 1.00 bits per heavy atom. The number of carbonyl (C=O) groups excluding carboxylic acids is 4. The Morgan fingerprint density at radius 2 is 1.62 bits per heavy atom. The summed E-state index contributed by atoms with van der Waals surface area (Å²) in [5.74, 6) is -1.65. The van der Waals surface area contributed by atoms with Crippen LogP contribution < -0.4 is 10.6 Å². The predicted molar refractivity (Wildman–Crippen MR) is 122 cm³/mol. The summed E-state index contributed by atoms with van der Waals surface area (Å²) in [6.07, 6.45) is 1.67. The van der Waals surface area contributed by atoms with Gasteiger partial charge in [0.25, 0.3) is 11.8 Å². The summed E-state index contributed by atoms with van der Waals surface area (Å²) in [5.41, 5.74) is 1.68. The highest BCUT2D eigenvalue weighted by Crippen LogP contribution is 2.22. The number of hydrogen-bond donors (Lipinski definition) is 2. The SMILES string of the molecule is CCCCOC(=O)c1ccc(NC(=S)NC(=O)CCN2C(=O)c3ccccc3C2=O)cc1. The van der Waals surface area contributed by atoms with Gasteiger partial charge in [-0.15, -0.1) is 0 Å². The van der Waals surface area contributed by atoms with Crippen LogP contribution in [0.4, 0.5) is 5.69 Å². The molecular formula is C23H23N3O5S. The summed E-state index contributed by atoms with van der Waals surface area (Å²) in [4.78, 5) is 49.9. The third kappa shape index (κ3) is 5.55. The largest absolute Gasteiger partial charge is 0.462 e. The molecule has 0 bridgehead atoms. The van der Waals surface area contributed by atoms with Gasteiger partial charge in [-0.05, 0) is 55.0 Å². The van der Waals surface area contributed by atoms with Crippen molar-refractivity contribution in [2.75, 3.05) is 18.5 Å². The maximum Gasteiger partial charge on any atom is 0.338 e. The first-order valence-corrected chi connectivity index (χ1v) is 10.6. The molecule has 0 aromatic heterocycles. The van der Waals surface area contributed by atoms with Crippen molar-refractivity contribution in [3.8, 4) is 0 Å². The highest BCUT2D eigenvalue weighted by molar-refractivity contribution is 7.80. The smallest absolute Gasteiger partial charge is 0.338 e. The number of hydrogen-bond acceptors (Lipinski definition) is 6. The number of nitrogens with zero attached hydrogens (tertiary/aromatic N) is 1. The summed E-state index contributed by atoms with van der Waals surface area (Å²) < 4.78 is 5.15. The first-order valence-electron chi connectivity index (χ1n) is 10.2. The fourth-order valence-corrected chi connectivity index (χ4v) is 3.32. The van der Waals surface area contributed by atoms with Crippen LogP contribution in [0.1, 0.15) is 57.3 Å². The minimum atomic E-state index is -0.435. The zero-order chi connectivity index (χ0) is 23.1. The average molecular weight is 454 g/mol. The number of anilines is 1. The number of benzene rings is 2. The number of unbranched alkanes of at least 4 members (excludes halogenated alkanes) is 1. The van der Waals surface area contributed by atoms with E-state index >= 15 is 0 Å². The maximum absolute atomic E-state index is 12.3. The number of nitrogens with one attached hydrogen (secondary N) is 2. The van der Waals surface area contributed by atoms with Crippen LogP contribution in [0.5, 0.6) is 0 Å². The normalized spacial score (nSPS) is 12.3. The van der Waals surface area contributed by atoms with Crippen LogP contribution in [0, 0.1) is 0 Å². The number of rotatable bonds is 8. The van der Waals surface area contributed by atoms with Crippen molar-refractivity contribution in [2.24, 2.45) is 0 Å². The molecule has 32 heavy (non-hydrogen) atoms. The zero-order valence-electron chi connectivity index (χ0n) is 17.6. The van der Waals surface area contributed by atoms with Crippen LogP contribution in [-0.2, 0) is 9.53 Å². The second-order valence-electron chi connectivity index (χ2n) is 7.13. The van der Waals surface area contributed by atoms with E-state index in [4.69, 9.17) is 17.0 Å². The van der Waals surface area contributed by atoms with Gasteiger partial charge < -0.3 is 15.4 Å². The minimum absolute atomic E-state index is 0.0460. The van der Waals surface area contributed by atoms with Crippen molar-refractivity contribution in [1.82, 2.24) is 10.2 Å². The van der Waals surface area contributed by atoms with Gasteiger partial charge in [-0.1, -0.05) is 25.5 Å². The van der Waals surface area contributed by atoms with E-state index in [9.17, 15) is 19.2 Å². The van der Waals surface area contributed by atoms with Crippen molar-refractivity contribution in [1.29, 1.82) is 0 Å². The lowest BCUT2D eigenvalue weighted by molar-refractivity contribution is -0.119. The molecule has 0 spiro atoms. The highest BCUT2D eigenvalue weighted by atomic mass is 32.1. The van der Waals surface area contributed by atoms with Gasteiger partial charge >= 0.3 is 5.97 Å². The Morgan fingerprint density at radius 3 is 2.22 bits per heavy atom. The summed E-state index contributed by atoms with van der Waals surface area (Å²) in [6.45, 7) is 2.35. The van der Waals surface area contributed by atoms with Gasteiger partial charge in [0.05, 0.1) is 23.3 Å². The highest BCUT2D eigenvalue weighted by Gasteiger charge is 2.34. The van der Waals surface area contributed by atoms with Crippen LogP contribution in [0.3, 0.4) is 0 Å². The number of amides is 3. The first-order chi connectivity index (χ1) is 15.4. The third-order valence-corrected chi connectivity index (χ3v) is 5.01. The zero-order valence-corrected chi connectivity index (χ0v) is 18.4. The molecule has 3 rings (SSSR count). The number of carbonyl (C=O) groups is 4. The molecule has 1 aliphatic rings. The molecule has 9 heteroatoms. The summed E-state index contributed by atoms with van der Waals surface area (Å²) in [6, 6.07) is 13.0. The summed E-state index contributed by atoms with van der Waals surface area (Å²) in [5, 5.41) is 5.43. The summed E-state index contributed by atoms with van der Waals surface area (Å²) >= 11 is 5.14. The molecule has 0 unspecified atom stereocenters. The molecule has 8 nitrogen and oxygen atoms in total. The van der Waals surface area contributed by atoms with E-state index in [1.54, 1.807) is 48.5 Å². The Hall–Kier alpha value is -3.59. The predicted octanol–water partition coefficient (Wildman–Crippen LogP) is 3.14. The van der Waals surface area contributed by atoms with Crippen molar-refractivity contribution in [3.63, 3.8) is 0 Å². The van der Waals surface area contributed by atoms with Gasteiger partial charge in [0.2, 0.25) is 5.91 Å². The molecule has 1 aliphatic heterocycles. The first kappa shape index (κ1) is 23.1. The quantitative estimate of drug-likeness (QED) is 0.274. The molecule has 0 aliphatic carbocycles. The molecule has 2 aromatic carbocycles. The molecule has 0 radical (unpaired) electrons. The fourth-order valence-electron chi connectivity index (χ4n) is 3.09. The Kier molecular flexibility index (Phi) is 7.67. The molecule has 3 amide bonds.